The zero-order chi connectivity index (χ0) is 20.9. The molecule has 0 fully saturated rings. The first-order valence-electron chi connectivity index (χ1n) is 8.90. The van der Waals surface area contributed by atoms with Crippen LogP contribution in [-0.4, -0.2) is 15.9 Å². The summed E-state index contributed by atoms with van der Waals surface area (Å²) >= 11 is 8.91. The number of carbonyl (C=O) groups excluding carboxylic acids is 1. The van der Waals surface area contributed by atoms with E-state index in [1.807, 2.05) is 17.5 Å². The van der Waals surface area contributed by atoms with E-state index in [1.165, 1.54) is 46.9 Å². The van der Waals surface area contributed by atoms with E-state index < -0.39 is 0 Å². The highest BCUT2D eigenvalue weighted by Crippen LogP contribution is 2.33. The van der Waals surface area contributed by atoms with E-state index in [1.54, 1.807) is 18.3 Å². The van der Waals surface area contributed by atoms with Crippen molar-refractivity contribution in [2.75, 3.05) is 0 Å². The lowest BCUT2D eigenvalue weighted by Crippen LogP contribution is -2.24. The number of ether oxygens (including phenoxy) is 1. The fourth-order valence-corrected chi connectivity index (χ4v) is 4.53. The summed E-state index contributed by atoms with van der Waals surface area (Å²) in [5.74, 6) is 0.385. The van der Waals surface area contributed by atoms with E-state index >= 15 is 0 Å². The normalized spacial score (nSPS) is 10.7. The van der Waals surface area contributed by atoms with Crippen molar-refractivity contribution in [1.82, 2.24) is 15.3 Å². The zero-order valence-electron chi connectivity index (χ0n) is 15.5. The third-order valence-corrected chi connectivity index (χ3v) is 6.29. The quantitative estimate of drug-likeness (QED) is 0.384. The number of carbonyl (C=O) groups is 1. The lowest BCUT2D eigenvalue weighted by Gasteiger charge is -2.08. The van der Waals surface area contributed by atoms with Gasteiger partial charge in [0.2, 0.25) is 11.8 Å². The van der Waals surface area contributed by atoms with Crippen LogP contribution in [0, 0.1) is 5.82 Å². The van der Waals surface area contributed by atoms with Crippen molar-refractivity contribution < 1.29 is 13.9 Å². The third kappa shape index (κ3) is 5.41. The predicted octanol–water partition coefficient (Wildman–Crippen LogP) is 5.71. The average Bonchev–Trinajstić information content (AvgIpc) is 3.37. The zero-order valence-corrected chi connectivity index (χ0v) is 17.9. The maximum Gasteiger partial charge on any atom is 0.226 e. The number of thiophene rings is 1. The minimum Gasteiger partial charge on any atom is -0.439 e. The molecule has 30 heavy (non-hydrogen) atoms. The molecule has 0 aliphatic carbocycles. The van der Waals surface area contributed by atoms with E-state index in [-0.39, 0.29) is 18.1 Å². The number of nitrogens with zero attached hydrogens (tertiary/aromatic N) is 2. The van der Waals surface area contributed by atoms with Gasteiger partial charge in [0.25, 0.3) is 0 Å². The maximum atomic E-state index is 13.0. The Morgan fingerprint density at radius 3 is 2.77 bits per heavy atom. The molecular weight excluding hydrogens is 445 g/mol. The molecule has 0 bridgehead atoms. The Bertz CT molecular complexity index is 1160. The van der Waals surface area contributed by atoms with E-state index in [0.717, 1.165) is 15.4 Å². The molecule has 0 saturated heterocycles. The second kappa shape index (κ2) is 9.34. The average molecular weight is 460 g/mol. The van der Waals surface area contributed by atoms with Crippen LogP contribution in [0.2, 0.25) is 4.34 Å². The Morgan fingerprint density at radius 2 is 2.00 bits per heavy atom. The highest BCUT2D eigenvalue weighted by Gasteiger charge is 2.11. The smallest absolute Gasteiger partial charge is 0.226 e. The van der Waals surface area contributed by atoms with Gasteiger partial charge in [0.1, 0.15) is 16.6 Å². The van der Waals surface area contributed by atoms with Crippen LogP contribution < -0.4 is 10.1 Å². The maximum absolute atomic E-state index is 13.0. The van der Waals surface area contributed by atoms with Gasteiger partial charge in [-0.25, -0.2) is 14.4 Å². The Labute approximate surface area is 185 Å². The molecule has 0 saturated carbocycles. The highest BCUT2D eigenvalue weighted by atomic mass is 35.5. The van der Waals surface area contributed by atoms with E-state index in [9.17, 15) is 9.18 Å². The molecular formula is C21H15ClFN3O2S2. The standard InChI is InChI=1S/C21H15ClFN3O2S2/c22-18-6-5-17(30-18)21-26-15(12-29-21)10-19(27)25-11-13-7-8-24-20(9-13)28-16-3-1-14(23)2-4-16/h1-9,12H,10-11H2,(H,25,27). The SMILES string of the molecule is O=C(Cc1csc(-c2ccc(Cl)s2)n1)NCc1ccnc(Oc2ccc(F)cc2)c1. The van der Waals surface area contributed by atoms with Gasteiger partial charge in [-0.1, -0.05) is 11.6 Å². The summed E-state index contributed by atoms with van der Waals surface area (Å²) in [6.45, 7) is 0.332. The number of thiazole rings is 1. The predicted molar refractivity (Wildman–Crippen MR) is 117 cm³/mol. The summed E-state index contributed by atoms with van der Waals surface area (Å²) < 4.78 is 19.3. The van der Waals surface area contributed by atoms with Crippen LogP contribution in [0.25, 0.3) is 9.88 Å². The Morgan fingerprint density at radius 1 is 1.17 bits per heavy atom. The number of hydrogen-bond acceptors (Lipinski definition) is 6. The van der Waals surface area contributed by atoms with Crippen LogP contribution in [0.3, 0.4) is 0 Å². The van der Waals surface area contributed by atoms with Crippen molar-refractivity contribution >= 4 is 40.2 Å². The number of halogens is 2. The van der Waals surface area contributed by atoms with Gasteiger partial charge in [0, 0.05) is 24.2 Å². The van der Waals surface area contributed by atoms with Crippen molar-refractivity contribution in [3.8, 4) is 21.5 Å². The fraction of sp³-hybridized carbons (Fsp3) is 0.0952. The van der Waals surface area contributed by atoms with Crippen LogP contribution in [-0.2, 0) is 17.8 Å². The molecule has 5 nitrogen and oxygen atoms in total. The molecule has 4 aromatic rings. The second-order valence-corrected chi connectivity index (χ2v) is 8.83. The molecule has 0 radical (unpaired) electrons. The first kappa shape index (κ1) is 20.5. The van der Waals surface area contributed by atoms with E-state index in [2.05, 4.69) is 15.3 Å². The highest BCUT2D eigenvalue weighted by molar-refractivity contribution is 7.23. The van der Waals surface area contributed by atoms with Gasteiger partial charge >= 0.3 is 0 Å². The molecule has 0 unspecified atom stereocenters. The van der Waals surface area contributed by atoms with Crippen molar-refractivity contribution in [3.63, 3.8) is 0 Å². The number of aromatic nitrogens is 2. The molecule has 0 spiro atoms. The summed E-state index contributed by atoms with van der Waals surface area (Å²) in [6.07, 6.45) is 1.79. The van der Waals surface area contributed by atoms with E-state index in [4.69, 9.17) is 16.3 Å². The summed E-state index contributed by atoms with van der Waals surface area (Å²) in [4.78, 5) is 21.9. The number of hydrogen-bond donors (Lipinski definition) is 1. The van der Waals surface area contributed by atoms with Crippen LogP contribution >= 0.6 is 34.3 Å². The van der Waals surface area contributed by atoms with Crippen molar-refractivity contribution in [2.24, 2.45) is 0 Å². The van der Waals surface area contributed by atoms with Crippen LogP contribution in [0.5, 0.6) is 11.6 Å². The number of nitrogens with one attached hydrogen (secondary N) is 1. The van der Waals surface area contributed by atoms with Crippen LogP contribution in [0.4, 0.5) is 4.39 Å². The number of benzene rings is 1. The first-order valence-corrected chi connectivity index (χ1v) is 11.0. The summed E-state index contributed by atoms with van der Waals surface area (Å²) in [6, 6.07) is 13.0. The largest absolute Gasteiger partial charge is 0.439 e. The molecule has 0 aliphatic rings. The fourth-order valence-electron chi connectivity index (χ4n) is 2.60. The van der Waals surface area contributed by atoms with Crippen molar-refractivity contribution in [2.45, 2.75) is 13.0 Å². The van der Waals surface area contributed by atoms with Gasteiger partial charge in [0.05, 0.1) is 21.3 Å². The Hall–Kier alpha value is -2.81. The van der Waals surface area contributed by atoms with Crippen LogP contribution in [0.15, 0.2) is 60.1 Å². The van der Waals surface area contributed by atoms with Gasteiger partial charge in [0.15, 0.2) is 0 Å². The third-order valence-electron chi connectivity index (χ3n) is 4.00. The molecule has 9 heteroatoms. The molecule has 1 aromatic carbocycles. The molecule has 3 heterocycles. The topological polar surface area (TPSA) is 64.1 Å². The monoisotopic (exact) mass is 459 g/mol. The number of rotatable bonds is 7. The van der Waals surface area contributed by atoms with Gasteiger partial charge in [-0.2, -0.15) is 0 Å². The number of pyridine rings is 1. The Kier molecular flexibility index (Phi) is 6.37. The van der Waals surface area contributed by atoms with E-state index in [0.29, 0.717) is 28.2 Å². The molecule has 1 N–H and O–H groups in total. The molecule has 152 valence electrons. The Balaban J connectivity index is 1.32. The summed E-state index contributed by atoms with van der Waals surface area (Å²) in [5.41, 5.74) is 1.55. The van der Waals surface area contributed by atoms with Gasteiger partial charge < -0.3 is 10.1 Å². The van der Waals surface area contributed by atoms with Gasteiger partial charge in [-0.3, -0.25) is 4.79 Å². The minimum atomic E-state index is -0.335. The summed E-state index contributed by atoms with van der Waals surface area (Å²) in [7, 11) is 0. The van der Waals surface area contributed by atoms with Gasteiger partial charge in [-0.15, -0.1) is 22.7 Å². The number of amides is 1. The molecule has 0 aliphatic heterocycles. The second-order valence-electron chi connectivity index (χ2n) is 6.26. The van der Waals surface area contributed by atoms with Crippen LogP contribution in [0.1, 0.15) is 11.3 Å². The molecule has 4 rings (SSSR count). The van der Waals surface area contributed by atoms with Gasteiger partial charge in [-0.05, 0) is 48.0 Å². The lowest BCUT2D eigenvalue weighted by molar-refractivity contribution is -0.120. The molecule has 1 amide bonds. The van der Waals surface area contributed by atoms with Crippen molar-refractivity contribution in [1.29, 1.82) is 0 Å². The first-order chi connectivity index (χ1) is 14.5. The summed E-state index contributed by atoms with van der Waals surface area (Å²) in [5, 5.41) is 5.61. The molecule has 3 aromatic heterocycles. The lowest BCUT2D eigenvalue weighted by atomic mass is 10.2. The van der Waals surface area contributed by atoms with Crippen molar-refractivity contribution in [3.05, 3.63) is 81.5 Å². The minimum absolute atomic E-state index is 0.131. The molecule has 0 atom stereocenters.